The molecule has 0 bridgehead atoms. The second-order valence-corrected chi connectivity index (χ2v) is 7.76. The third-order valence-corrected chi connectivity index (χ3v) is 5.32. The lowest BCUT2D eigenvalue weighted by Crippen LogP contribution is -2.65. The Morgan fingerprint density at radius 1 is 0.900 bits per heavy atom. The van der Waals surface area contributed by atoms with Crippen LogP contribution in [-0.2, 0) is 10.3 Å². The van der Waals surface area contributed by atoms with Gasteiger partial charge in [-0.3, -0.25) is 10.1 Å². The molecule has 2 N–H and O–H groups in total. The number of hydrogen-bond donors (Lipinski definition) is 2. The van der Waals surface area contributed by atoms with Crippen molar-refractivity contribution in [2.75, 3.05) is 6.54 Å². The van der Waals surface area contributed by atoms with Crippen molar-refractivity contribution in [3.05, 3.63) is 113 Å². The van der Waals surface area contributed by atoms with Crippen LogP contribution in [0.4, 0.5) is 0 Å². The zero-order valence-electron chi connectivity index (χ0n) is 17.3. The molecule has 3 aromatic carbocycles. The lowest BCUT2D eigenvalue weighted by molar-refractivity contribution is -0.128. The number of nitrogens with one attached hydrogen (secondary N) is 2. The SMILES string of the molecule is CC(C)=COc1ccc(C(N[C@H]2CNC2=O)(c2ccccc2)c2ccccc2)cc1. The minimum Gasteiger partial charge on any atom is -0.465 e. The van der Waals surface area contributed by atoms with Gasteiger partial charge in [0.15, 0.2) is 0 Å². The number of allylic oxidation sites excluding steroid dienone is 1. The summed E-state index contributed by atoms with van der Waals surface area (Å²) >= 11 is 0. The minimum atomic E-state index is -0.667. The summed E-state index contributed by atoms with van der Waals surface area (Å²) < 4.78 is 5.73. The van der Waals surface area contributed by atoms with Gasteiger partial charge in [-0.15, -0.1) is 0 Å². The number of hydrogen-bond acceptors (Lipinski definition) is 3. The Morgan fingerprint density at radius 3 is 1.87 bits per heavy atom. The van der Waals surface area contributed by atoms with Crippen molar-refractivity contribution in [3.8, 4) is 5.75 Å². The zero-order chi connectivity index (χ0) is 21.0. The summed E-state index contributed by atoms with van der Waals surface area (Å²) in [5.74, 6) is 0.797. The first-order valence-corrected chi connectivity index (χ1v) is 10.2. The molecule has 1 aliphatic rings. The van der Waals surface area contributed by atoms with Gasteiger partial charge in [-0.2, -0.15) is 0 Å². The molecule has 1 atom stereocenters. The van der Waals surface area contributed by atoms with Crippen LogP contribution in [0.3, 0.4) is 0 Å². The van der Waals surface area contributed by atoms with Crippen molar-refractivity contribution < 1.29 is 9.53 Å². The molecule has 0 radical (unpaired) electrons. The molecule has 0 spiro atoms. The zero-order valence-corrected chi connectivity index (χ0v) is 17.3. The summed E-state index contributed by atoms with van der Waals surface area (Å²) in [6, 6.07) is 28.4. The third-order valence-electron chi connectivity index (χ3n) is 5.32. The molecule has 1 fully saturated rings. The van der Waals surface area contributed by atoms with Gasteiger partial charge in [-0.05, 0) is 48.2 Å². The van der Waals surface area contributed by atoms with E-state index in [0.717, 1.165) is 28.0 Å². The van der Waals surface area contributed by atoms with Crippen molar-refractivity contribution in [1.29, 1.82) is 0 Å². The predicted molar refractivity (Wildman–Crippen MR) is 119 cm³/mol. The Bertz CT molecular complexity index is 984. The highest BCUT2D eigenvalue weighted by Gasteiger charge is 2.42. The summed E-state index contributed by atoms with van der Waals surface area (Å²) in [6.07, 6.45) is 1.74. The number of carbonyl (C=O) groups excluding carboxylic acids is 1. The van der Waals surface area contributed by atoms with Crippen molar-refractivity contribution in [1.82, 2.24) is 10.6 Å². The quantitative estimate of drug-likeness (QED) is 0.353. The number of carbonyl (C=O) groups is 1. The van der Waals surface area contributed by atoms with Gasteiger partial charge in [0, 0.05) is 6.54 Å². The van der Waals surface area contributed by atoms with Crippen LogP contribution in [0.5, 0.6) is 5.75 Å². The van der Waals surface area contributed by atoms with Gasteiger partial charge in [0.25, 0.3) is 0 Å². The molecule has 4 rings (SSSR count). The fraction of sp³-hybridized carbons (Fsp3) is 0.192. The lowest BCUT2D eigenvalue weighted by atomic mass is 9.76. The smallest absolute Gasteiger partial charge is 0.239 e. The maximum Gasteiger partial charge on any atom is 0.239 e. The fourth-order valence-electron chi connectivity index (χ4n) is 3.76. The molecule has 0 aromatic heterocycles. The van der Waals surface area contributed by atoms with Crippen molar-refractivity contribution in [2.24, 2.45) is 0 Å². The first-order valence-electron chi connectivity index (χ1n) is 10.2. The predicted octanol–water partition coefficient (Wildman–Crippen LogP) is 4.37. The Balaban J connectivity index is 1.85. The number of amides is 1. The Kier molecular flexibility index (Phi) is 5.68. The molecule has 4 nitrogen and oxygen atoms in total. The van der Waals surface area contributed by atoms with E-state index in [2.05, 4.69) is 47.0 Å². The van der Waals surface area contributed by atoms with Crippen LogP contribution in [0.1, 0.15) is 30.5 Å². The van der Waals surface area contributed by atoms with E-state index >= 15 is 0 Å². The number of β-lactam (4-membered cyclic amide) rings is 1. The van der Waals surface area contributed by atoms with E-state index in [1.165, 1.54) is 0 Å². The van der Waals surface area contributed by atoms with E-state index in [1.54, 1.807) is 6.26 Å². The van der Waals surface area contributed by atoms with E-state index in [0.29, 0.717) is 6.54 Å². The van der Waals surface area contributed by atoms with E-state index in [1.807, 2.05) is 62.4 Å². The van der Waals surface area contributed by atoms with Crippen LogP contribution < -0.4 is 15.4 Å². The molecule has 0 aliphatic carbocycles. The Hall–Kier alpha value is -3.37. The first kappa shape index (κ1) is 19.9. The molecule has 1 amide bonds. The van der Waals surface area contributed by atoms with Gasteiger partial charge in [0.2, 0.25) is 5.91 Å². The summed E-state index contributed by atoms with van der Waals surface area (Å²) in [7, 11) is 0. The molecule has 0 saturated carbocycles. The molecule has 1 heterocycles. The molecule has 4 heteroatoms. The lowest BCUT2D eigenvalue weighted by Gasteiger charge is -2.42. The topological polar surface area (TPSA) is 50.4 Å². The standard InChI is InChI=1S/C26H26N2O2/c1-19(2)18-30-23-15-13-22(14-16-23)26(20-9-5-3-6-10-20,21-11-7-4-8-12-21)28-24-17-27-25(24)29/h3-16,18,24,28H,17H2,1-2H3,(H,27,29)/t24-/m0/s1. The highest BCUT2D eigenvalue weighted by Crippen LogP contribution is 2.38. The highest BCUT2D eigenvalue weighted by molar-refractivity contribution is 5.88. The van der Waals surface area contributed by atoms with E-state index in [4.69, 9.17) is 4.74 Å². The molecular formula is C26H26N2O2. The second kappa shape index (κ2) is 8.56. The minimum absolute atomic E-state index is 0.0229. The molecule has 1 aliphatic heterocycles. The van der Waals surface area contributed by atoms with Crippen LogP contribution in [0.15, 0.2) is 96.8 Å². The Morgan fingerprint density at radius 2 is 1.43 bits per heavy atom. The maximum absolute atomic E-state index is 12.2. The first-order chi connectivity index (χ1) is 14.6. The number of ether oxygens (including phenoxy) is 1. The van der Waals surface area contributed by atoms with Gasteiger partial charge >= 0.3 is 0 Å². The number of benzene rings is 3. The highest BCUT2D eigenvalue weighted by atomic mass is 16.5. The largest absolute Gasteiger partial charge is 0.465 e. The van der Waals surface area contributed by atoms with Crippen molar-refractivity contribution >= 4 is 5.91 Å². The van der Waals surface area contributed by atoms with Crippen LogP contribution in [0.2, 0.25) is 0 Å². The molecule has 30 heavy (non-hydrogen) atoms. The number of rotatable bonds is 7. The average Bonchev–Trinajstić information content (AvgIpc) is 2.79. The van der Waals surface area contributed by atoms with E-state index in [-0.39, 0.29) is 11.9 Å². The van der Waals surface area contributed by atoms with E-state index in [9.17, 15) is 4.79 Å². The Labute approximate surface area is 177 Å². The van der Waals surface area contributed by atoms with E-state index < -0.39 is 5.54 Å². The fourth-order valence-corrected chi connectivity index (χ4v) is 3.76. The molecule has 0 unspecified atom stereocenters. The normalized spacial score (nSPS) is 15.7. The molecule has 152 valence electrons. The third kappa shape index (κ3) is 3.87. The summed E-state index contributed by atoms with van der Waals surface area (Å²) in [5.41, 5.74) is 3.63. The molecule has 1 saturated heterocycles. The second-order valence-electron chi connectivity index (χ2n) is 7.76. The summed E-state index contributed by atoms with van der Waals surface area (Å²) in [5, 5.41) is 6.51. The average molecular weight is 399 g/mol. The molecule has 3 aromatic rings. The van der Waals surface area contributed by atoms with Gasteiger partial charge in [0.05, 0.1) is 11.8 Å². The summed E-state index contributed by atoms with van der Waals surface area (Å²) in [6.45, 7) is 4.61. The van der Waals surface area contributed by atoms with Crippen LogP contribution >= 0.6 is 0 Å². The van der Waals surface area contributed by atoms with Gasteiger partial charge in [0.1, 0.15) is 11.8 Å². The van der Waals surface area contributed by atoms with Crippen LogP contribution in [0.25, 0.3) is 0 Å². The van der Waals surface area contributed by atoms with Gasteiger partial charge in [-0.25, -0.2) is 0 Å². The van der Waals surface area contributed by atoms with Crippen LogP contribution in [-0.4, -0.2) is 18.5 Å². The maximum atomic E-state index is 12.2. The van der Waals surface area contributed by atoms with Gasteiger partial charge < -0.3 is 10.1 Å². The molecular weight excluding hydrogens is 372 g/mol. The van der Waals surface area contributed by atoms with Gasteiger partial charge in [-0.1, -0.05) is 72.8 Å². The van der Waals surface area contributed by atoms with Crippen molar-refractivity contribution in [2.45, 2.75) is 25.4 Å². The monoisotopic (exact) mass is 398 g/mol. The summed E-state index contributed by atoms with van der Waals surface area (Å²) in [4.78, 5) is 12.2. The van der Waals surface area contributed by atoms with Crippen LogP contribution in [0, 0.1) is 0 Å². The van der Waals surface area contributed by atoms with Crippen molar-refractivity contribution in [3.63, 3.8) is 0 Å².